The minimum absolute atomic E-state index is 0.0976. The molecule has 1 aromatic heterocycles. The SMILES string of the molecule is COCc1ccc(C(=O)N2CCCCC2c2[nH]ncc2C(=O)O)cc1. The highest BCUT2D eigenvalue weighted by molar-refractivity contribution is 5.95. The molecule has 1 saturated heterocycles. The summed E-state index contributed by atoms with van der Waals surface area (Å²) in [6, 6.07) is 7.01. The summed E-state index contributed by atoms with van der Waals surface area (Å²) in [7, 11) is 1.63. The molecule has 132 valence electrons. The zero-order valence-corrected chi connectivity index (χ0v) is 14.1. The third kappa shape index (κ3) is 3.56. The Morgan fingerprint density at radius 1 is 1.32 bits per heavy atom. The molecule has 7 nitrogen and oxygen atoms in total. The number of benzene rings is 1. The average Bonchev–Trinajstić information content (AvgIpc) is 3.12. The van der Waals surface area contributed by atoms with Gasteiger partial charge in [-0.1, -0.05) is 12.1 Å². The summed E-state index contributed by atoms with van der Waals surface area (Å²) >= 11 is 0. The molecule has 0 bridgehead atoms. The molecule has 1 aromatic carbocycles. The molecule has 0 radical (unpaired) electrons. The Balaban J connectivity index is 1.86. The third-order valence-electron chi connectivity index (χ3n) is 4.51. The van der Waals surface area contributed by atoms with Crippen LogP contribution in [0.15, 0.2) is 30.5 Å². The molecule has 2 N–H and O–H groups in total. The van der Waals surface area contributed by atoms with Gasteiger partial charge in [-0.3, -0.25) is 9.89 Å². The minimum Gasteiger partial charge on any atom is -0.478 e. The number of piperidine rings is 1. The number of carbonyl (C=O) groups excluding carboxylic acids is 1. The fourth-order valence-corrected chi connectivity index (χ4v) is 3.27. The third-order valence-corrected chi connectivity index (χ3v) is 4.51. The van der Waals surface area contributed by atoms with Crippen LogP contribution in [0, 0.1) is 0 Å². The quantitative estimate of drug-likeness (QED) is 0.870. The first-order chi connectivity index (χ1) is 12.1. The number of aromatic amines is 1. The summed E-state index contributed by atoms with van der Waals surface area (Å²) in [6.45, 7) is 1.10. The van der Waals surface area contributed by atoms with Crippen LogP contribution >= 0.6 is 0 Å². The highest BCUT2D eigenvalue weighted by atomic mass is 16.5. The van der Waals surface area contributed by atoms with Crippen molar-refractivity contribution in [2.75, 3.05) is 13.7 Å². The Kier molecular flexibility index (Phi) is 5.14. The van der Waals surface area contributed by atoms with Crippen molar-refractivity contribution in [3.63, 3.8) is 0 Å². The molecule has 1 unspecified atom stereocenters. The van der Waals surface area contributed by atoms with Crippen LogP contribution in [-0.4, -0.2) is 45.7 Å². The Labute approximate surface area is 145 Å². The Morgan fingerprint density at radius 2 is 2.08 bits per heavy atom. The molecule has 1 atom stereocenters. The van der Waals surface area contributed by atoms with E-state index in [0.717, 1.165) is 24.8 Å². The summed E-state index contributed by atoms with van der Waals surface area (Å²) in [6.07, 6.45) is 3.87. The van der Waals surface area contributed by atoms with Crippen LogP contribution in [0.25, 0.3) is 0 Å². The van der Waals surface area contributed by atoms with Gasteiger partial charge < -0.3 is 14.7 Å². The first kappa shape index (κ1) is 17.2. The van der Waals surface area contributed by atoms with Crippen molar-refractivity contribution in [2.24, 2.45) is 0 Å². The van der Waals surface area contributed by atoms with Gasteiger partial charge in [0.1, 0.15) is 5.56 Å². The number of aromatic nitrogens is 2. The molecule has 1 aliphatic heterocycles. The van der Waals surface area contributed by atoms with Crippen LogP contribution < -0.4 is 0 Å². The molecule has 0 spiro atoms. The van der Waals surface area contributed by atoms with Gasteiger partial charge in [0.15, 0.2) is 0 Å². The maximum atomic E-state index is 13.0. The van der Waals surface area contributed by atoms with Gasteiger partial charge in [-0.05, 0) is 37.0 Å². The van der Waals surface area contributed by atoms with Crippen molar-refractivity contribution in [2.45, 2.75) is 31.9 Å². The lowest BCUT2D eigenvalue weighted by atomic mass is 9.96. The molecule has 1 amide bonds. The van der Waals surface area contributed by atoms with E-state index in [0.29, 0.717) is 24.4 Å². The second-order valence-corrected chi connectivity index (χ2v) is 6.14. The van der Waals surface area contributed by atoms with E-state index in [1.54, 1.807) is 24.1 Å². The lowest BCUT2D eigenvalue weighted by Gasteiger charge is -2.35. The number of carboxylic acid groups (broad SMARTS) is 1. The Morgan fingerprint density at radius 3 is 2.76 bits per heavy atom. The number of ether oxygens (including phenoxy) is 1. The van der Waals surface area contributed by atoms with Crippen LogP contribution in [0.3, 0.4) is 0 Å². The zero-order valence-electron chi connectivity index (χ0n) is 14.1. The van der Waals surface area contributed by atoms with Gasteiger partial charge in [-0.25, -0.2) is 4.79 Å². The van der Waals surface area contributed by atoms with E-state index < -0.39 is 5.97 Å². The topological polar surface area (TPSA) is 95.5 Å². The number of aromatic carboxylic acids is 1. The van der Waals surface area contributed by atoms with E-state index in [4.69, 9.17) is 4.74 Å². The second kappa shape index (κ2) is 7.48. The molecule has 2 heterocycles. The highest BCUT2D eigenvalue weighted by Crippen LogP contribution is 2.32. The van der Waals surface area contributed by atoms with Crippen LogP contribution in [0.1, 0.15) is 57.3 Å². The monoisotopic (exact) mass is 343 g/mol. The molecule has 0 aliphatic carbocycles. The number of H-pyrrole nitrogens is 1. The summed E-state index contributed by atoms with van der Waals surface area (Å²) in [5, 5.41) is 16.0. The van der Waals surface area contributed by atoms with E-state index in [1.165, 1.54) is 6.20 Å². The van der Waals surface area contributed by atoms with E-state index in [-0.39, 0.29) is 17.5 Å². The maximum Gasteiger partial charge on any atom is 0.339 e. The van der Waals surface area contributed by atoms with Crippen molar-refractivity contribution in [3.05, 3.63) is 52.8 Å². The number of rotatable bonds is 5. The average molecular weight is 343 g/mol. The van der Waals surface area contributed by atoms with Crippen molar-refractivity contribution >= 4 is 11.9 Å². The first-order valence-electron chi connectivity index (χ1n) is 8.27. The highest BCUT2D eigenvalue weighted by Gasteiger charge is 2.32. The number of hydrogen-bond acceptors (Lipinski definition) is 4. The van der Waals surface area contributed by atoms with Gasteiger partial charge >= 0.3 is 5.97 Å². The fraction of sp³-hybridized carbons (Fsp3) is 0.389. The zero-order chi connectivity index (χ0) is 17.8. The molecule has 2 aromatic rings. The molecular formula is C18H21N3O4. The summed E-state index contributed by atoms with van der Waals surface area (Å²) < 4.78 is 5.08. The maximum absolute atomic E-state index is 13.0. The first-order valence-corrected chi connectivity index (χ1v) is 8.27. The van der Waals surface area contributed by atoms with Gasteiger partial charge in [-0.15, -0.1) is 0 Å². The number of methoxy groups -OCH3 is 1. The number of likely N-dealkylation sites (tertiary alicyclic amines) is 1. The van der Waals surface area contributed by atoms with Crippen LogP contribution in [-0.2, 0) is 11.3 Å². The smallest absolute Gasteiger partial charge is 0.339 e. The van der Waals surface area contributed by atoms with E-state index in [9.17, 15) is 14.7 Å². The van der Waals surface area contributed by atoms with Crippen LogP contribution in [0.4, 0.5) is 0 Å². The Bertz CT molecular complexity index is 754. The lowest BCUT2D eigenvalue weighted by molar-refractivity contribution is 0.0590. The molecular weight excluding hydrogens is 322 g/mol. The van der Waals surface area contributed by atoms with Gasteiger partial charge in [0, 0.05) is 19.2 Å². The summed E-state index contributed by atoms with van der Waals surface area (Å²) in [5.41, 5.74) is 2.20. The minimum atomic E-state index is -1.04. The van der Waals surface area contributed by atoms with Gasteiger partial charge in [0.25, 0.3) is 5.91 Å². The molecule has 7 heteroatoms. The molecule has 0 saturated carbocycles. The predicted molar refractivity (Wildman–Crippen MR) is 90.3 cm³/mol. The normalized spacial score (nSPS) is 17.5. The van der Waals surface area contributed by atoms with Crippen LogP contribution in [0.5, 0.6) is 0 Å². The number of nitrogens with zero attached hydrogens (tertiary/aromatic N) is 2. The van der Waals surface area contributed by atoms with Gasteiger partial charge in [0.2, 0.25) is 0 Å². The molecule has 3 rings (SSSR count). The van der Waals surface area contributed by atoms with Crippen LogP contribution in [0.2, 0.25) is 0 Å². The molecule has 1 aliphatic rings. The second-order valence-electron chi connectivity index (χ2n) is 6.14. The number of carboxylic acids is 1. The number of amides is 1. The van der Waals surface area contributed by atoms with Crippen molar-refractivity contribution < 1.29 is 19.4 Å². The molecule has 1 fully saturated rings. The van der Waals surface area contributed by atoms with Crippen molar-refractivity contribution in [1.82, 2.24) is 15.1 Å². The number of nitrogens with one attached hydrogen (secondary N) is 1. The largest absolute Gasteiger partial charge is 0.478 e. The van der Waals surface area contributed by atoms with Gasteiger partial charge in [0.05, 0.1) is 24.5 Å². The molecule has 25 heavy (non-hydrogen) atoms. The predicted octanol–water partition coefficient (Wildman–Crippen LogP) is 2.62. The van der Waals surface area contributed by atoms with Crippen molar-refractivity contribution in [3.8, 4) is 0 Å². The van der Waals surface area contributed by atoms with E-state index in [2.05, 4.69) is 10.2 Å². The number of hydrogen-bond donors (Lipinski definition) is 2. The fourth-order valence-electron chi connectivity index (χ4n) is 3.27. The summed E-state index contributed by atoms with van der Waals surface area (Å²) in [4.78, 5) is 26.1. The Hall–Kier alpha value is -2.67. The van der Waals surface area contributed by atoms with Gasteiger partial charge in [-0.2, -0.15) is 5.10 Å². The van der Waals surface area contributed by atoms with Crippen molar-refractivity contribution in [1.29, 1.82) is 0 Å². The van der Waals surface area contributed by atoms with E-state index >= 15 is 0 Å². The lowest BCUT2D eigenvalue weighted by Crippen LogP contribution is -2.39. The van der Waals surface area contributed by atoms with E-state index in [1.807, 2.05) is 12.1 Å². The number of carbonyl (C=O) groups is 2. The summed E-state index contributed by atoms with van der Waals surface area (Å²) in [5.74, 6) is -1.13. The standard InChI is InChI=1S/C18H21N3O4/c1-25-11-12-5-7-13(8-6-12)17(22)21-9-3-2-4-15(21)16-14(18(23)24)10-19-20-16/h5-8,10,15H,2-4,9,11H2,1H3,(H,19,20)(H,23,24).